The molecule has 0 amide bonds. The molecule has 0 bridgehead atoms. The Morgan fingerprint density at radius 2 is 1.50 bits per heavy atom. The summed E-state index contributed by atoms with van der Waals surface area (Å²) in [7, 11) is -3.42. The van der Waals surface area contributed by atoms with Crippen LogP contribution in [0.2, 0.25) is 0 Å². The maximum absolute atomic E-state index is 13.4. The Balaban J connectivity index is 0.000000494. The SMILES string of the molecule is CCCCC.CP(C)(=O)C(F)(F)c1ccccc1. The summed E-state index contributed by atoms with van der Waals surface area (Å²) in [6, 6.07) is 7.26. The fraction of sp³-hybridized carbons (Fsp3) is 0.571. The lowest BCUT2D eigenvalue weighted by Gasteiger charge is -2.20. The van der Waals surface area contributed by atoms with Crippen LogP contribution >= 0.6 is 7.14 Å². The zero-order valence-corrected chi connectivity index (χ0v) is 12.5. The van der Waals surface area contributed by atoms with E-state index in [1.807, 2.05) is 0 Å². The molecule has 0 saturated heterocycles. The normalized spacial score (nSPS) is 11.7. The molecule has 0 spiro atoms. The van der Waals surface area contributed by atoms with Crippen LogP contribution in [0, 0.1) is 0 Å². The van der Waals surface area contributed by atoms with Crippen molar-refractivity contribution in [2.75, 3.05) is 13.3 Å². The number of hydrogen-bond acceptors (Lipinski definition) is 1. The van der Waals surface area contributed by atoms with Crippen molar-refractivity contribution >= 4 is 7.14 Å². The first-order valence-electron chi connectivity index (χ1n) is 6.25. The van der Waals surface area contributed by atoms with Crippen LogP contribution in [0.3, 0.4) is 0 Å². The van der Waals surface area contributed by atoms with Crippen molar-refractivity contribution in [1.82, 2.24) is 0 Å². The number of benzene rings is 1. The Kier molecular flexibility index (Phi) is 7.39. The topological polar surface area (TPSA) is 17.1 Å². The van der Waals surface area contributed by atoms with Crippen molar-refractivity contribution in [3.05, 3.63) is 35.9 Å². The second-order valence-electron chi connectivity index (χ2n) is 4.61. The van der Waals surface area contributed by atoms with Crippen LogP contribution in [0.1, 0.15) is 38.7 Å². The molecule has 0 aliphatic carbocycles. The van der Waals surface area contributed by atoms with Gasteiger partial charge in [0, 0.05) is 5.56 Å². The van der Waals surface area contributed by atoms with E-state index in [4.69, 9.17) is 0 Å². The molecule has 1 nitrogen and oxygen atoms in total. The van der Waals surface area contributed by atoms with Gasteiger partial charge < -0.3 is 4.57 Å². The van der Waals surface area contributed by atoms with E-state index < -0.39 is 12.8 Å². The Morgan fingerprint density at radius 3 is 1.78 bits per heavy atom. The molecule has 0 heterocycles. The van der Waals surface area contributed by atoms with Crippen LogP contribution in [0.25, 0.3) is 0 Å². The molecule has 0 aliphatic rings. The van der Waals surface area contributed by atoms with Crippen molar-refractivity contribution in [2.45, 2.75) is 38.8 Å². The van der Waals surface area contributed by atoms with E-state index in [1.54, 1.807) is 6.07 Å². The average molecular weight is 276 g/mol. The molecule has 0 saturated carbocycles. The lowest BCUT2D eigenvalue weighted by molar-refractivity contribution is 0.0893. The van der Waals surface area contributed by atoms with E-state index in [9.17, 15) is 13.3 Å². The minimum atomic E-state index is -3.42. The van der Waals surface area contributed by atoms with Crippen LogP contribution < -0.4 is 0 Å². The smallest absolute Gasteiger partial charge is 0.317 e. The maximum Gasteiger partial charge on any atom is 0.322 e. The fourth-order valence-corrected chi connectivity index (χ4v) is 2.07. The largest absolute Gasteiger partial charge is 0.322 e. The number of hydrogen-bond donors (Lipinski definition) is 0. The third-order valence-corrected chi connectivity index (χ3v) is 4.12. The van der Waals surface area contributed by atoms with Crippen molar-refractivity contribution < 1.29 is 13.3 Å². The monoisotopic (exact) mass is 276 g/mol. The molecule has 0 atom stereocenters. The number of halogens is 2. The van der Waals surface area contributed by atoms with Gasteiger partial charge in [-0.3, -0.25) is 0 Å². The molecular formula is C14H23F2OP. The zero-order chi connectivity index (χ0) is 14.2. The summed E-state index contributed by atoms with van der Waals surface area (Å²) in [4.78, 5) is 0. The van der Waals surface area contributed by atoms with Gasteiger partial charge in [0.2, 0.25) is 0 Å². The van der Waals surface area contributed by atoms with Gasteiger partial charge in [-0.15, -0.1) is 0 Å². The Hall–Kier alpha value is -0.690. The Bertz CT molecular complexity index is 369. The van der Waals surface area contributed by atoms with E-state index in [0.717, 1.165) is 13.3 Å². The van der Waals surface area contributed by atoms with Gasteiger partial charge in [-0.25, -0.2) is 0 Å². The summed E-state index contributed by atoms with van der Waals surface area (Å²) < 4.78 is 38.1. The lowest BCUT2D eigenvalue weighted by Crippen LogP contribution is -2.12. The first-order valence-corrected chi connectivity index (χ1v) is 8.85. The highest BCUT2D eigenvalue weighted by molar-refractivity contribution is 7.63. The third-order valence-electron chi connectivity index (χ3n) is 2.50. The minimum absolute atomic E-state index is 0.177. The van der Waals surface area contributed by atoms with Gasteiger partial charge >= 0.3 is 5.66 Å². The quantitative estimate of drug-likeness (QED) is 0.658. The third kappa shape index (κ3) is 5.30. The molecule has 1 aromatic carbocycles. The van der Waals surface area contributed by atoms with Crippen LogP contribution in [-0.2, 0) is 10.2 Å². The van der Waals surface area contributed by atoms with E-state index in [2.05, 4.69) is 13.8 Å². The zero-order valence-electron chi connectivity index (χ0n) is 11.6. The van der Waals surface area contributed by atoms with Gasteiger partial charge in [0.25, 0.3) is 0 Å². The lowest BCUT2D eigenvalue weighted by atomic mass is 10.2. The van der Waals surface area contributed by atoms with Crippen molar-refractivity contribution in [2.24, 2.45) is 0 Å². The first kappa shape index (κ1) is 17.3. The van der Waals surface area contributed by atoms with Crippen molar-refractivity contribution in [1.29, 1.82) is 0 Å². The summed E-state index contributed by atoms with van der Waals surface area (Å²) in [5.74, 6) is 0. The molecule has 0 aliphatic heterocycles. The average Bonchev–Trinajstić information content (AvgIpc) is 2.30. The Morgan fingerprint density at radius 1 is 1.06 bits per heavy atom. The van der Waals surface area contributed by atoms with Gasteiger partial charge in [-0.1, -0.05) is 63.4 Å². The number of alkyl halides is 2. The van der Waals surface area contributed by atoms with E-state index in [-0.39, 0.29) is 5.56 Å². The molecule has 0 radical (unpaired) electrons. The molecule has 1 aromatic rings. The van der Waals surface area contributed by atoms with Crippen molar-refractivity contribution in [3.8, 4) is 0 Å². The Labute approximate surface area is 109 Å². The second kappa shape index (κ2) is 7.68. The molecule has 18 heavy (non-hydrogen) atoms. The molecule has 0 fully saturated rings. The molecule has 0 aromatic heterocycles. The fourth-order valence-electron chi connectivity index (χ4n) is 1.30. The van der Waals surface area contributed by atoms with Crippen LogP contribution in [0.15, 0.2) is 30.3 Å². The van der Waals surface area contributed by atoms with Crippen LogP contribution in [0.4, 0.5) is 8.78 Å². The summed E-state index contributed by atoms with van der Waals surface area (Å²) in [5, 5.41) is 0. The van der Waals surface area contributed by atoms with Crippen LogP contribution in [0.5, 0.6) is 0 Å². The maximum atomic E-state index is 13.4. The highest BCUT2D eigenvalue weighted by Gasteiger charge is 2.44. The predicted molar refractivity (Wildman–Crippen MR) is 75.0 cm³/mol. The summed E-state index contributed by atoms with van der Waals surface area (Å²) in [5.41, 5.74) is -3.39. The molecule has 4 heteroatoms. The summed E-state index contributed by atoms with van der Waals surface area (Å²) in [6.07, 6.45) is 4.08. The van der Waals surface area contributed by atoms with Crippen molar-refractivity contribution in [3.63, 3.8) is 0 Å². The number of rotatable bonds is 4. The summed E-state index contributed by atoms with van der Waals surface area (Å²) >= 11 is 0. The van der Waals surface area contributed by atoms with Crippen LogP contribution in [-0.4, -0.2) is 13.3 Å². The van der Waals surface area contributed by atoms with Gasteiger partial charge in [0.05, 0.1) is 0 Å². The predicted octanol–water partition coefficient (Wildman–Crippen LogP) is 5.56. The van der Waals surface area contributed by atoms with E-state index >= 15 is 0 Å². The first-order chi connectivity index (χ1) is 8.27. The highest BCUT2D eigenvalue weighted by atomic mass is 31.2. The summed E-state index contributed by atoms with van der Waals surface area (Å²) in [6.45, 7) is 6.62. The molecule has 1 rings (SSSR count). The molecular weight excluding hydrogens is 253 g/mol. The molecule has 0 N–H and O–H groups in total. The standard InChI is InChI=1S/C9H11F2OP.C5H12/c1-13(2,12)9(10,11)8-6-4-3-5-7-8;1-3-5-4-2/h3-7H,1-2H3;3-5H2,1-2H3. The van der Waals surface area contributed by atoms with Gasteiger partial charge in [-0.05, 0) is 13.3 Å². The molecule has 104 valence electrons. The number of unbranched alkanes of at least 4 members (excludes halogenated alkanes) is 2. The molecule has 0 unspecified atom stereocenters. The second-order valence-corrected chi connectivity index (χ2v) is 7.88. The van der Waals surface area contributed by atoms with Gasteiger partial charge in [0.15, 0.2) is 7.14 Å². The minimum Gasteiger partial charge on any atom is -0.317 e. The van der Waals surface area contributed by atoms with E-state index in [1.165, 1.54) is 43.5 Å². The van der Waals surface area contributed by atoms with E-state index in [0.29, 0.717) is 0 Å². The van der Waals surface area contributed by atoms with Gasteiger partial charge in [0.1, 0.15) is 0 Å². The van der Waals surface area contributed by atoms with Gasteiger partial charge in [-0.2, -0.15) is 8.78 Å². The highest BCUT2D eigenvalue weighted by Crippen LogP contribution is 2.59.